The van der Waals surface area contributed by atoms with E-state index < -0.39 is 0 Å². The van der Waals surface area contributed by atoms with Crippen molar-refractivity contribution in [2.24, 2.45) is 0 Å². The quantitative estimate of drug-likeness (QED) is 0.891. The molecule has 0 aromatic carbocycles. The standard InChI is InChI=1S/C8H6ClN3O2S/c9-6-2-1-5(15-6)8(13)10-3-7-11-4-14-12-7/h1-2,4H,3H2,(H,10,13). The molecule has 0 atom stereocenters. The number of aromatic nitrogens is 2. The van der Waals surface area contributed by atoms with Crippen molar-refractivity contribution < 1.29 is 9.32 Å². The molecular formula is C8H6ClN3O2S. The van der Waals surface area contributed by atoms with Gasteiger partial charge in [-0.15, -0.1) is 11.3 Å². The van der Waals surface area contributed by atoms with E-state index >= 15 is 0 Å². The van der Waals surface area contributed by atoms with Gasteiger partial charge in [0.25, 0.3) is 5.91 Å². The van der Waals surface area contributed by atoms with E-state index in [-0.39, 0.29) is 12.5 Å². The molecule has 7 heteroatoms. The van der Waals surface area contributed by atoms with Crippen LogP contribution in [0, 0.1) is 0 Å². The number of hydrogen-bond acceptors (Lipinski definition) is 5. The number of hydrogen-bond donors (Lipinski definition) is 1. The normalized spacial score (nSPS) is 10.2. The average Bonchev–Trinajstić information content (AvgIpc) is 2.84. The van der Waals surface area contributed by atoms with Crippen LogP contribution < -0.4 is 5.32 Å². The van der Waals surface area contributed by atoms with E-state index in [1.807, 2.05) is 0 Å². The van der Waals surface area contributed by atoms with Gasteiger partial charge in [0.1, 0.15) is 0 Å². The molecule has 0 spiro atoms. The fourth-order valence-electron chi connectivity index (χ4n) is 0.953. The highest BCUT2D eigenvalue weighted by Gasteiger charge is 2.08. The number of amides is 1. The van der Waals surface area contributed by atoms with Crippen molar-refractivity contribution in [3.8, 4) is 0 Å². The smallest absolute Gasteiger partial charge is 0.261 e. The third-order valence-electron chi connectivity index (χ3n) is 1.61. The summed E-state index contributed by atoms with van der Waals surface area (Å²) in [5, 5.41) is 6.21. The van der Waals surface area contributed by atoms with Gasteiger partial charge >= 0.3 is 0 Å². The van der Waals surface area contributed by atoms with Crippen LogP contribution in [-0.4, -0.2) is 16.0 Å². The second-order valence-corrected chi connectivity index (χ2v) is 4.35. The highest BCUT2D eigenvalue weighted by Crippen LogP contribution is 2.21. The maximum Gasteiger partial charge on any atom is 0.261 e. The molecule has 1 amide bonds. The molecule has 0 radical (unpaired) electrons. The lowest BCUT2D eigenvalue weighted by Crippen LogP contribution is -2.22. The highest BCUT2D eigenvalue weighted by molar-refractivity contribution is 7.17. The SMILES string of the molecule is O=C(NCc1ncon1)c1ccc(Cl)s1. The molecule has 0 bridgehead atoms. The van der Waals surface area contributed by atoms with Crippen molar-refractivity contribution >= 4 is 28.8 Å². The second-order valence-electron chi connectivity index (χ2n) is 2.63. The van der Waals surface area contributed by atoms with Gasteiger partial charge in [-0.25, -0.2) is 0 Å². The minimum Gasteiger partial charge on any atom is -0.344 e. The zero-order chi connectivity index (χ0) is 10.7. The molecule has 2 aromatic heterocycles. The van der Waals surface area contributed by atoms with Crippen LogP contribution >= 0.6 is 22.9 Å². The van der Waals surface area contributed by atoms with E-state index in [9.17, 15) is 4.79 Å². The van der Waals surface area contributed by atoms with Crippen molar-refractivity contribution in [1.82, 2.24) is 15.5 Å². The first kappa shape index (κ1) is 10.1. The summed E-state index contributed by atoms with van der Waals surface area (Å²) in [6.07, 6.45) is 1.21. The van der Waals surface area contributed by atoms with Gasteiger partial charge in [-0.1, -0.05) is 16.8 Å². The number of halogens is 1. The predicted octanol–water partition coefficient (Wildman–Crippen LogP) is 1.71. The fraction of sp³-hybridized carbons (Fsp3) is 0.125. The average molecular weight is 244 g/mol. The maximum atomic E-state index is 11.5. The molecule has 0 aliphatic carbocycles. The lowest BCUT2D eigenvalue weighted by Gasteiger charge is -1.98. The number of rotatable bonds is 3. The van der Waals surface area contributed by atoms with Crippen LogP contribution in [0.2, 0.25) is 4.34 Å². The first-order valence-electron chi connectivity index (χ1n) is 4.04. The Morgan fingerprint density at radius 2 is 2.47 bits per heavy atom. The third-order valence-corrected chi connectivity index (χ3v) is 2.84. The van der Waals surface area contributed by atoms with Crippen LogP contribution in [0.15, 0.2) is 23.0 Å². The lowest BCUT2D eigenvalue weighted by molar-refractivity contribution is 0.0953. The van der Waals surface area contributed by atoms with Gasteiger partial charge < -0.3 is 9.84 Å². The van der Waals surface area contributed by atoms with Gasteiger partial charge in [0, 0.05) is 0 Å². The van der Waals surface area contributed by atoms with Gasteiger partial charge in [0.2, 0.25) is 6.39 Å². The predicted molar refractivity (Wildman–Crippen MR) is 54.8 cm³/mol. The monoisotopic (exact) mass is 243 g/mol. The molecule has 2 aromatic rings. The zero-order valence-corrected chi connectivity index (χ0v) is 9.01. The van der Waals surface area contributed by atoms with E-state index in [0.29, 0.717) is 15.0 Å². The molecule has 0 aliphatic rings. The van der Waals surface area contributed by atoms with Crippen molar-refractivity contribution in [3.63, 3.8) is 0 Å². The summed E-state index contributed by atoms with van der Waals surface area (Å²) in [5.74, 6) is 0.239. The van der Waals surface area contributed by atoms with Gasteiger partial charge in [-0.2, -0.15) is 4.98 Å². The Bertz CT molecular complexity index is 454. The van der Waals surface area contributed by atoms with Crippen LogP contribution in [0.4, 0.5) is 0 Å². The van der Waals surface area contributed by atoms with Gasteiger partial charge in [-0.3, -0.25) is 4.79 Å². The Morgan fingerprint density at radius 1 is 1.60 bits per heavy atom. The molecular weight excluding hydrogens is 238 g/mol. The Hall–Kier alpha value is -1.40. The first-order chi connectivity index (χ1) is 7.25. The van der Waals surface area contributed by atoms with Crippen molar-refractivity contribution in [3.05, 3.63) is 33.6 Å². The first-order valence-corrected chi connectivity index (χ1v) is 5.24. The highest BCUT2D eigenvalue weighted by atomic mass is 35.5. The topological polar surface area (TPSA) is 68.0 Å². The van der Waals surface area contributed by atoms with E-state index in [1.165, 1.54) is 17.7 Å². The van der Waals surface area contributed by atoms with Crippen LogP contribution in [0.25, 0.3) is 0 Å². The summed E-state index contributed by atoms with van der Waals surface area (Å²) in [5.41, 5.74) is 0. The van der Waals surface area contributed by atoms with Crippen LogP contribution in [0.3, 0.4) is 0 Å². The van der Waals surface area contributed by atoms with Gasteiger partial charge in [0.05, 0.1) is 15.8 Å². The Labute approximate surface area is 94.1 Å². The second kappa shape index (κ2) is 4.41. The molecule has 0 saturated carbocycles. The van der Waals surface area contributed by atoms with Gasteiger partial charge in [-0.05, 0) is 12.1 Å². The number of carbonyl (C=O) groups is 1. The number of nitrogens with zero attached hydrogens (tertiary/aromatic N) is 2. The summed E-state index contributed by atoms with van der Waals surface area (Å²) in [4.78, 5) is 15.8. The number of thiophene rings is 1. The van der Waals surface area contributed by atoms with E-state index in [1.54, 1.807) is 12.1 Å². The van der Waals surface area contributed by atoms with Crippen molar-refractivity contribution in [1.29, 1.82) is 0 Å². The van der Waals surface area contributed by atoms with Crippen LogP contribution in [0.1, 0.15) is 15.5 Å². The molecule has 2 heterocycles. The molecule has 2 rings (SSSR count). The van der Waals surface area contributed by atoms with Gasteiger partial charge in [0.15, 0.2) is 5.82 Å². The summed E-state index contributed by atoms with van der Waals surface area (Å²) in [6, 6.07) is 3.34. The lowest BCUT2D eigenvalue weighted by atomic mass is 10.4. The molecule has 5 nitrogen and oxygen atoms in total. The minimum absolute atomic E-state index is 0.197. The summed E-state index contributed by atoms with van der Waals surface area (Å²) in [7, 11) is 0. The Balaban J connectivity index is 1.93. The zero-order valence-electron chi connectivity index (χ0n) is 7.44. The minimum atomic E-state index is -0.197. The molecule has 1 N–H and O–H groups in total. The van der Waals surface area contributed by atoms with E-state index in [4.69, 9.17) is 11.6 Å². The van der Waals surface area contributed by atoms with E-state index in [0.717, 1.165) is 0 Å². The largest absolute Gasteiger partial charge is 0.344 e. The Morgan fingerprint density at radius 3 is 3.07 bits per heavy atom. The molecule has 0 saturated heterocycles. The van der Waals surface area contributed by atoms with Crippen molar-refractivity contribution in [2.45, 2.75) is 6.54 Å². The van der Waals surface area contributed by atoms with Crippen LogP contribution in [0.5, 0.6) is 0 Å². The molecule has 0 unspecified atom stereocenters. The van der Waals surface area contributed by atoms with Crippen molar-refractivity contribution in [2.75, 3.05) is 0 Å². The molecule has 0 fully saturated rings. The molecule has 15 heavy (non-hydrogen) atoms. The molecule has 78 valence electrons. The summed E-state index contributed by atoms with van der Waals surface area (Å²) < 4.78 is 5.11. The number of carbonyl (C=O) groups excluding carboxylic acids is 1. The maximum absolute atomic E-state index is 11.5. The summed E-state index contributed by atoms with van der Waals surface area (Å²) in [6.45, 7) is 0.241. The third kappa shape index (κ3) is 2.54. The summed E-state index contributed by atoms with van der Waals surface area (Å²) >= 11 is 6.93. The fourth-order valence-corrected chi connectivity index (χ4v) is 1.91. The molecule has 0 aliphatic heterocycles. The van der Waals surface area contributed by atoms with Crippen LogP contribution in [-0.2, 0) is 6.54 Å². The van der Waals surface area contributed by atoms with E-state index in [2.05, 4.69) is 20.0 Å². The Kier molecular flexibility index (Phi) is 2.98. The number of nitrogens with one attached hydrogen (secondary N) is 1.